The number of nitrogens with two attached hydrogens (primary N) is 1. The molecule has 2 N–H and O–H groups in total. The number of halogens is 2. The van der Waals surface area contributed by atoms with Crippen LogP contribution < -0.4 is 5.73 Å². The molecule has 1 aromatic carbocycles. The van der Waals surface area contributed by atoms with E-state index in [1.807, 2.05) is 0 Å². The van der Waals surface area contributed by atoms with Crippen LogP contribution in [0.4, 0.5) is 4.39 Å². The largest absolute Gasteiger partial charge is 0.377 e. The molecule has 7 heteroatoms. The van der Waals surface area contributed by atoms with Crippen molar-refractivity contribution in [3.05, 3.63) is 34.6 Å². The summed E-state index contributed by atoms with van der Waals surface area (Å²) in [7, 11) is 0. The molecule has 3 rings (SSSR count). The highest BCUT2D eigenvalue weighted by Crippen LogP contribution is 2.33. The average Bonchev–Trinajstić information content (AvgIpc) is 3.04. The molecular weight excluding hydrogens is 335 g/mol. The minimum absolute atomic E-state index is 0.0324. The van der Waals surface area contributed by atoms with Crippen molar-refractivity contribution in [2.45, 2.75) is 25.4 Å². The molecule has 0 saturated carbocycles. The number of carbonyl (C=O) groups is 2. The van der Waals surface area contributed by atoms with Gasteiger partial charge in [0.15, 0.2) is 0 Å². The van der Waals surface area contributed by atoms with Crippen molar-refractivity contribution < 1.29 is 18.7 Å². The van der Waals surface area contributed by atoms with Gasteiger partial charge in [0.25, 0.3) is 5.91 Å². The molecule has 0 aliphatic carbocycles. The maximum atomic E-state index is 13.9. The lowest BCUT2D eigenvalue weighted by Crippen LogP contribution is -2.44. The second-order valence-electron chi connectivity index (χ2n) is 6.39. The van der Waals surface area contributed by atoms with Gasteiger partial charge in [-0.25, -0.2) is 4.39 Å². The van der Waals surface area contributed by atoms with E-state index >= 15 is 0 Å². The minimum Gasteiger partial charge on any atom is -0.377 e. The summed E-state index contributed by atoms with van der Waals surface area (Å²) in [5.74, 6) is -1.31. The Morgan fingerprint density at radius 2 is 1.96 bits per heavy atom. The molecule has 2 fully saturated rings. The predicted octanol–water partition coefficient (Wildman–Crippen LogP) is 2.22. The van der Waals surface area contributed by atoms with Gasteiger partial charge in [-0.15, -0.1) is 0 Å². The van der Waals surface area contributed by atoms with Crippen LogP contribution in [0.5, 0.6) is 0 Å². The molecule has 2 atom stereocenters. The molecule has 2 saturated heterocycles. The molecular formula is C17H20ClFN2O3. The van der Waals surface area contributed by atoms with Crippen LogP contribution in [0.2, 0.25) is 5.02 Å². The average molecular weight is 355 g/mol. The van der Waals surface area contributed by atoms with Gasteiger partial charge in [0.1, 0.15) is 5.82 Å². The normalized spacial score (nSPS) is 25.0. The van der Waals surface area contributed by atoms with Gasteiger partial charge in [-0.05, 0) is 43.4 Å². The summed E-state index contributed by atoms with van der Waals surface area (Å²) in [6, 6.07) is 4.06. The summed E-state index contributed by atoms with van der Waals surface area (Å²) in [6.07, 6.45) is 1.94. The molecule has 2 aliphatic rings. The highest BCUT2D eigenvalue weighted by atomic mass is 35.5. The molecule has 0 aromatic heterocycles. The zero-order chi connectivity index (χ0) is 17.3. The quantitative estimate of drug-likeness (QED) is 0.904. The van der Waals surface area contributed by atoms with E-state index in [0.717, 1.165) is 18.9 Å². The van der Waals surface area contributed by atoms with E-state index in [0.29, 0.717) is 26.1 Å². The zero-order valence-electron chi connectivity index (χ0n) is 13.2. The first-order valence-electron chi connectivity index (χ1n) is 8.12. The summed E-state index contributed by atoms with van der Waals surface area (Å²) in [5.41, 5.74) is 5.47. The number of likely N-dealkylation sites (tertiary alicyclic amines) is 1. The number of hydrogen-bond acceptors (Lipinski definition) is 3. The molecule has 130 valence electrons. The third kappa shape index (κ3) is 3.39. The zero-order valence-corrected chi connectivity index (χ0v) is 14.0. The summed E-state index contributed by atoms with van der Waals surface area (Å²) < 4.78 is 19.6. The van der Waals surface area contributed by atoms with Crippen LogP contribution in [-0.2, 0) is 9.53 Å². The Labute approximate surface area is 144 Å². The number of amides is 2. The fraction of sp³-hybridized carbons (Fsp3) is 0.529. The molecule has 24 heavy (non-hydrogen) atoms. The molecule has 0 radical (unpaired) electrons. The van der Waals surface area contributed by atoms with Gasteiger partial charge >= 0.3 is 0 Å². The summed E-state index contributed by atoms with van der Waals surface area (Å²) in [6.45, 7) is 1.57. The van der Waals surface area contributed by atoms with E-state index in [1.165, 1.54) is 12.1 Å². The number of benzene rings is 1. The molecule has 2 aliphatic heterocycles. The Bertz CT molecular complexity index is 647. The minimum atomic E-state index is -0.609. The maximum Gasteiger partial charge on any atom is 0.256 e. The van der Waals surface area contributed by atoms with Gasteiger partial charge < -0.3 is 15.4 Å². The maximum absolute atomic E-state index is 13.9. The van der Waals surface area contributed by atoms with E-state index in [-0.39, 0.29) is 40.3 Å². The first-order valence-corrected chi connectivity index (χ1v) is 8.50. The van der Waals surface area contributed by atoms with Gasteiger partial charge in [0.2, 0.25) is 5.91 Å². The van der Waals surface area contributed by atoms with Gasteiger partial charge in [-0.3, -0.25) is 9.59 Å². The first kappa shape index (κ1) is 17.2. The second kappa shape index (κ2) is 7.07. The van der Waals surface area contributed by atoms with Gasteiger partial charge in [0, 0.05) is 24.7 Å². The number of carbonyl (C=O) groups excluding carboxylic acids is 2. The standard InChI is InChI=1S/C17H20ClFN2O3/c18-11-1-2-12(14(19)9-11)17(23)21-6-3-10(4-7-21)15-13(16(20)22)5-8-24-15/h1-2,9-10,13,15H,3-8H2,(H2,20,22)/t13-,15+/m0/s1. The number of nitrogens with zero attached hydrogens (tertiary/aromatic N) is 1. The van der Waals surface area contributed by atoms with E-state index < -0.39 is 5.82 Å². The van der Waals surface area contributed by atoms with Crippen molar-refractivity contribution in [2.24, 2.45) is 17.6 Å². The van der Waals surface area contributed by atoms with Crippen LogP contribution in [0.25, 0.3) is 0 Å². The Hall–Kier alpha value is -1.66. The van der Waals surface area contributed by atoms with Crippen LogP contribution in [0.3, 0.4) is 0 Å². The van der Waals surface area contributed by atoms with E-state index in [1.54, 1.807) is 4.90 Å². The Morgan fingerprint density at radius 1 is 1.25 bits per heavy atom. The molecule has 2 amide bonds. The molecule has 1 aromatic rings. The number of primary amides is 1. The van der Waals surface area contributed by atoms with E-state index in [9.17, 15) is 14.0 Å². The third-order valence-electron chi connectivity index (χ3n) is 4.95. The molecule has 5 nitrogen and oxygen atoms in total. The smallest absolute Gasteiger partial charge is 0.256 e. The highest BCUT2D eigenvalue weighted by Gasteiger charge is 2.40. The Balaban J connectivity index is 1.62. The summed E-state index contributed by atoms with van der Waals surface area (Å²) in [5, 5.41) is 0.263. The van der Waals surface area contributed by atoms with Crippen molar-refractivity contribution in [3.63, 3.8) is 0 Å². The van der Waals surface area contributed by atoms with Crippen molar-refractivity contribution in [3.8, 4) is 0 Å². The second-order valence-corrected chi connectivity index (χ2v) is 6.82. The summed E-state index contributed by atoms with van der Waals surface area (Å²) >= 11 is 5.72. The van der Waals surface area contributed by atoms with Crippen molar-refractivity contribution in [1.82, 2.24) is 4.90 Å². The lowest BCUT2D eigenvalue weighted by molar-refractivity contribution is -0.124. The molecule has 2 heterocycles. The summed E-state index contributed by atoms with van der Waals surface area (Å²) in [4.78, 5) is 25.6. The lowest BCUT2D eigenvalue weighted by Gasteiger charge is -2.35. The highest BCUT2D eigenvalue weighted by molar-refractivity contribution is 6.30. The Morgan fingerprint density at radius 3 is 2.58 bits per heavy atom. The van der Waals surface area contributed by atoms with E-state index in [2.05, 4.69) is 0 Å². The van der Waals surface area contributed by atoms with Gasteiger partial charge in [0.05, 0.1) is 17.6 Å². The van der Waals surface area contributed by atoms with Crippen LogP contribution in [0.1, 0.15) is 29.6 Å². The van der Waals surface area contributed by atoms with Gasteiger partial charge in [-0.1, -0.05) is 11.6 Å². The van der Waals surface area contributed by atoms with E-state index in [4.69, 9.17) is 22.1 Å². The number of piperidine rings is 1. The topological polar surface area (TPSA) is 72.6 Å². The number of hydrogen-bond donors (Lipinski definition) is 1. The van der Waals surface area contributed by atoms with Crippen LogP contribution in [-0.4, -0.2) is 42.5 Å². The number of ether oxygens (including phenoxy) is 1. The molecule has 0 unspecified atom stereocenters. The van der Waals surface area contributed by atoms with Gasteiger partial charge in [-0.2, -0.15) is 0 Å². The number of rotatable bonds is 3. The predicted molar refractivity (Wildman–Crippen MR) is 87.1 cm³/mol. The monoisotopic (exact) mass is 354 g/mol. The van der Waals surface area contributed by atoms with Crippen LogP contribution >= 0.6 is 11.6 Å². The lowest BCUT2D eigenvalue weighted by atomic mass is 9.84. The van der Waals surface area contributed by atoms with Crippen LogP contribution in [0, 0.1) is 17.7 Å². The fourth-order valence-corrected chi connectivity index (χ4v) is 3.80. The first-order chi connectivity index (χ1) is 11.5. The van der Waals surface area contributed by atoms with Crippen molar-refractivity contribution in [1.29, 1.82) is 0 Å². The third-order valence-corrected chi connectivity index (χ3v) is 5.19. The Kier molecular flexibility index (Phi) is 5.06. The fourth-order valence-electron chi connectivity index (χ4n) is 3.64. The van der Waals surface area contributed by atoms with Crippen molar-refractivity contribution >= 4 is 23.4 Å². The van der Waals surface area contributed by atoms with Crippen LogP contribution in [0.15, 0.2) is 18.2 Å². The molecule has 0 bridgehead atoms. The molecule has 0 spiro atoms. The van der Waals surface area contributed by atoms with Crippen molar-refractivity contribution in [2.75, 3.05) is 19.7 Å². The SMILES string of the molecule is NC(=O)[C@H]1CCO[C@@H]1C1CCN(C(=O)c2ccc(Cl)cc2F)CC1.